The highest BCUT2D eigenvalue weighted by Gasteiger charge is 2.06. The van der Waals surface area contributed by atoms with E-state index in [9.17, 15) is 4.79 Å². The molecular weight excluding hydrogens is 248 g/mol. The molecular formula is C12H18N4O3. The van der Waals surface area contributed by atoms with Crippen molar-refractivity contribution >= 4 is 17.6 Å². The number of amides is 1. The number of nitrogens with one attached hydrogen (secondary N) is 2. The third-order valence-electron chi connectivity index (χ3n) is 2.34. The molecule has 4 N–H and O–H groups in total. The second-order valence-electron chi connectivity index (χ2n) is 3.57. The number of likely N-dealkylation sites (N-methyl/N-ethyl adjacent to an activating group) is 1. The molecule has 1 amide bonds. The van der Waals surface area contributed by atoms with Gasteiger partial charge in [-0.3, -0.25) is 4.79 Å². The van der Waals surface area contributed by atoms with Crippen LogP contribution in [0.15, 0.2) is 23.2 Å². The van der Waals surface area contributed by atoms with Crippen molar-refractivity contribution in [1.29, 1.82) is 0 Å². The summed E-state index contributed by atoms with van der Waals surface area (Å²) in [5.74, 6) is 1.15. The summed E-state index contributed by atoms with van der Waals surface area (Å²) in [5, 5.41) is 5.31. The van der Waals surface area contributed by atoms with Gasteiger partial charge in [0, 0.05) is 13.1 Å². The van der Waals surface area contributed by atoms with Crippen LogP contribution < -0.4 is 25.8 Å². The Morgan fingerprint density at radius 2 is 2.11 bits per heavy atom. The number of hydrogen-bond acceptors (Lipinski definition) is 4. The highest BCUT2D eigenvalue weighted by Crippen LogP contribution is 2.28. The number of aliphatic imine (C=N–C) groups is 1. The lowest BCUT2D eigenvalue weighted by atomic mass is 10.2. The summed E-state index contributed by atoms with van der Waals surface area (Å²) in [4.78, 5) is 14.9. The molecule has 0 aliphatic heterocycles. The van der Waals surface area contributed by atoms with Crippen LogP contribution in [-0.2, 0) is 4.79 Å². The summed E-state index contributed by atoms with van der Waals surface area (Å²) < 4.78 is 10.3. The molecule has 7 heteroatoms. The van der Waals surface area contributed by atoms with E-state index in [-0.39, 0.29) is 18.4 Å². The molecule has 0 aliphatic rings. The van der Waals surface area contributed by atoms with Gasteiger partial charge in [-0.1, -0.05) is 0 Å². The maximum absolute atomic E-state index is 11.0. The van der Waals surface area contributed by atoms with E-state index >= 15 is 0 Å². The van der Waals surface area contributed by atoms with Crippen molar-refractivity contribution in [3.63, 3.8) is 0 Å². The van der Waals surface area contributed by atoms with Crippen molar-refractivity contribution in [2.75, 3.05) is 33.1 Å². The third-order valence-corrected chi connectivity index (χ3v) is 2.34. The predicted octanol–water partition coefficient (Wildman–Crippen LogP) is 0.176. The molecule has 0 bridgehead atoms. The summed E-state index contributed by atoms with van der Waals surface area (Å²) in [6, 6.07) is 5.23. The number of anilines is 1. The Morgan fingerprint density at radius 3 is 2.68 bits per heavy atom. The highest BCUT2D eigenvalue weighted by molar-refractivity contribution is 5.95. The molecule has 1 aromatic carbocycles. The molecule has 0 spiro atoms. The summed E-state index contributed by atoms with van der Waals surface area (Å²) >= 11 is 0. The van der Waals surface area contributed by atoms with Gasteiger partial charge in [0.2, 0.25) is 5.91 Å². The van der Waals surface area contributed by atoms with Crippen molar-refractivity contribution in [1.82, 2.24) is 5.32 Å². The second-order valence-corrected chi connectivity index (χ2v) is 3.57. The molecule has 1 rings (SSSR count). The van der Waals surface area contributed by atoms with Crippen LogP contribution in [0.4, 0.5) is 5.69 Å². The van der Waals surface area contributed by atoms with E-state index in [1.807, 2.05) is 0 Å². The van der Waals surface area contributed by atoms with Gasteiger partial charge in [-0.15, -0.1) is 0 Å². The van der Waals surface area contributed by atoms with Crippen LogP contribution in [0, 0.1) is 0 Å². The fourth-order valence-corrected chi connectivity index (χ4v) is 1.33. The first-order valence-corrected chi connectivity index (χ1v) is 5.60. The first-order chi connectivity index (χ1) is 9.10. The van der Waals surface area contributed by atoms with Crippen molar-refractivity contribution in [2.24, 2.45) is 10.7 Å². The summed E-state index contributed by atoms with van der Waals surface area (Å²) in [7, 11) is 4.64. The highest BCUT2D eigenvalue weighted by atomic mass is 16.5. The van der Waals surface area contributed by atoms with E-state index in [2.05, 4.69) is 15.6 Å². The third kappa shape index (κ3) is 4.38. The lowest BCUT2D eigenvalue weighted by Gasteiger charge is -2.12. The van der Waals surface area contributed by atoms with Gasteiger partial charge in [-0.2, -0.15) is 0 Å². The Bertz CT molecular complexity index is 474. The van der Waals surface area contributed by atoms with Gasteiger partial charge in [-0.05, 0) is 12.1 Å². The topological polar surface area (TPSA) is 98.0 Å². The van der Waals surface area contributed by atoms with Crippen molar-refractivity contribution in [3.8, 4) is 11.5 Å². The summed E-state index contributed by atoms with van der Waals surface area (Å²) in [6.45, 7) is -0.0401. The second kappa shape index (κ2) is 7.10. The van der Waals surface area contributed by atoms with E-state index in [4.69, 9.17) is 15.2 Å². The van der Waals surface area contributed by atoms with Gasteiger partial charge < -0.3 is 25.8 Å². The Morgan fingerprint density at radius 1 is 1.37 bits per heavy atom. The van der Waals surface area contributed by atoms with E-state index < -0.39 is 0 Å². The quantitative estimate of drug-likeness (QED) is 0.521. The first kappa shape index (κ1) is 14.6. The van der Waals surface area contributed by atoms with E-state index in [0.29, 0.717) is 17.2 Å². The van der Waals surface area contributed by atoms with Crippen LogP contribution in [0.3, 0.4) is 0 Å². The predicted molar refractivity (Wildman–Crippen MR) is 73.7 cm³/mol. The monoisotopic (exact) mass is 266 g/mol. The van der Waals surface area contributed by atoms with E-state index in [0.717, 1.165) is 0 Å². The van der Waals surface area contributed by atoms with Crippen LogP contribution in [0.1, 0.15) is 0 Å². The van der Waals surface area contributed by atoms with Crippen molar-refractivity contribution in [3.05, 3.63) is 18.2 Å². The summed E-state index contributed by atoms with van der Waals surface area (Å²) in [5.41, 5.74) is 6.30. The number of ether oxygens (including phenoxy) is 2. The molecule has 7 nitrogen and oxygen atoms in total. The van der Waals surface area contributed by atoms with Gasteiger partial charge in [0.15, 0.2) is 5.96 Å². The number of hydrogen-bond donors (Lipinski definition) is 3. The lowest BCUT2D eigenvalue weighted by molar-refractivity contribution is -0.119. The molecule has 0 unspecified atom stereocenters. The molecule has 1 aromatic rings. The standard InChI is InChI=1S/C12H18N4O3/c1-14-11(17)7-15-12(13)16-9-6-8(18-2)4-5-10(9)19-3/h4-6H,7H2,1-3H3,(H,14,17)(H3,13,15,16). The maximum Gasteiger partial charge on any atom is 0.241 e. The first-order valence-electron chi connectivity index (χ1n) is 5.60. The SMILES string of the molecule is CNC(=O)CN=C(N)Nc1cc(OC)ccc1OC. The van der Waals surface area contributed by atoms with Gasteiger partial charge in [-0.25, -0.2) is 4.99 Å². The summed E-state index contributed by atoms with van der Waals surface area (Å²) in [6.07, 6.45) is 0. The largest absolute Gasteiger partial charge is 0.497 e. The van der Waals surface area contributed by atoms with E-state index in [1.165, 1.54) is 7.05 Å². The number of carbonyl (C=O) groups is 1. The Labute approximate surface area is 111 Å². The molecule has 19 heavy (non-hydrogen) atoms. The fraction of sp³-hybridized carbons (Fsp3) is 0.333. The minimum Gasteiger partial charge on any atom is -0.497 e. The minimum absolute atomic E-state index is 0.0401. The van der Waals surface area contributed by atoms with Crippen molar-refractivity contribution in [2.45, 2.75) is 0 Å². The Balaban J connectivity index is 2.82. The molecule has 0 atom stereocenters. The van der Waals surface area contributed by atoms with Crippen LogP contribution >= 0.6 is 0 Å². The number of nitrogens with two attached hydrogens (primary N) is 1. The average Bonchev–Trinajstić information content (AvgIpc) is 2.44. The molecule has 0 aromatic heterocycles. The number of benzene rings is 1. The average molecular weight is 266 g/mol. The van der Waals surface area contributed by atoms with Crippen LogP contribution in [-0.4, -0.2) is 39.7 Å². The minimum atomic E-state index is -0.220. The number of nitrogens with zero attached hydrogens (tertiary/aromatic N) is 1. The zero-order valence-corrected chi connectivity index (χ0v) is 11.2. The Hall–Kier alpha value is -2.44. The van der Waals surface area contributed by atoms with Gasteiger partial charge >= 0.3 is 0 Å². The van der Waals surface area contributed by atoms with Crippen LogP contribution in [0.5, 0.6) is 11.5 Å². The van der Waals surface area contributed by atoms with Gasteiger partial charge in [0.05, 0.1) is 19.9 Å². The van der Waals surface area contributed by atoms with Crippen LogP contribution in [0.2, 0.25) is 0 Å². The molecule has 0 saturated carbocycles. The number of rotatable bonds is 5. The Kier molecular flexibility index (Phi) is 5.46. The van der Waals surface area contributed by atoms with Gasteiger partial charge in [0.1, 0.15) is 18.0 Å². The normalized spacial score (nSPS) is 10.8. The molecule has 0 fully saturated rings. The zero-order valence-electron chi connectivity index (χ0n) is 11.2. The molecule has 0 saturated heterocycles. The molecule has 0 radical (unpaired) electrons. The van der Waals surface area contributed by atoms with Gasteiger partial charge in [0.25, 0.3) is 0 Å². The molecule has 104 valence electrons. The van der Waals surface area contributed by atoms with Crippen LogP contribution in [0.25, 0.3) is 0 Å². The smallest absolute Gasteiger partial charge is 0.241 e. The maximum atomic E-state index is 11.0. The fourth-order valence-electron chi connectivity index (χ4n) is 1.33. The number of guanidine groups is 1. The van der Waals surface area contributed by atoms with E-state index in [1.54, 1.807) is 32.4 Å². The number of methoxy groups -OCH3 is 2. The lowest BCUT2D eigenvalue weighted by Crippen LogP contribution is -2.27. The zero-order chi connectivity index (χ0) is 14.3. The molecule has 0 heterocycles. The van der Waals surface area contributed by atoms with Crippen molar-refractivity contribution < 1.29 is 14.3 Å². The molecule has 0 aliphatic carbocycles. The number of carbonyl (C=O) groups excluding carboxylic acids is 1.